The molecule has 0 fully saturated rings. The first-order chi connectivity index (χ1) is 25.3. The lowest BCUT2D eigenvalue weighted by atomic mass is 10.1. The van der Waals surface area contributed by atoms with Gasteiger partial charge in [-0.2, -0.15) is 0 Å². The van der Waals surface area contributed by atoms with Crippen LogP contribution in [0.3, 0.4) is 0 Å². The number of hydrogen-bond acceptors (Lipinski definition) is 4. The van der Waals surface area contributed by atoms with E-state index in [1.165, 1.54) is 11.1 Å². The largest absolute Gasteiger partial charge is 0.456 e. The summed E-state index contributed by atoms with van der Waals surface area (Å²) in [5.41, 5.74) is 12.1. The molecule has 11 aromatic rings. The van der Waals surface area contributed by atoms with E-state index in [1.54, 1.807) is 0 Å². The van der Waals surface area contributed by atoms with Crippen molar-refractivity contribution >= 4 is 65.8 Å². The molecule has 0 spiro atoms. The van der Waals surface area contributed by atoms with Crippen molar-refractivity contribution in [2.75, 3.05) is 0 Å². The van der Waals surface area contributed by atoms with Gasteiger partial charge in [-0.05, 0) is 59.7 Å². The van der Waals surface area contributed by atoms with Crippen LogP contribution in [0.4, 0.5) is 0 Å². The van der Waals surface area contributed by atoms with Crippen molar-refractivity contribution < 1.29 is 8.83 Å². The molecule has 0 aliphatic heterocycles. The molecular formula is C46H27N3O2. The van der Waals surface area contributed by atoms with E-state index in [4.69, 9.17) is 18.8 Å². The lowest BCUT2D eigenvalue weighted by Gasteiger charge is -2.10. The molecule has 5 heteroatoms. The van der Waals surface area contributed by atoms with E-state index in [2.05, 4.69) is 126 Å². The molecule has 7 aromatic carbocycles. The SMILES string of the molecule is c1ccc(-c2cccc(-n3c4ccccc4c4cc5oc6c(-c7ccccc7)nc(-c7ccc8c(c7)oc7ccccc78)nc6c5cc43)c2)cc1. The van der Waals surface area contributed by atoms with Crippen molar-refractivity contribution in [2.45, 2.75) is 0 Å². The number of rotatable bonds is 4. The van der Waals surface area contributed by atoms with Gasteiger partial charge in [0.15, 0.2) is 11.4 Å². The smallest absolute Gasteiger partial charge is 0.180 e. The van der Waals surface area contributed by atoms with Crippen molar-refractivity contribution in [1.82, 2.24) is 14.5 Å². The second-order valence-electron chi connectivity index (χ2n) is 13.0. The van der Waals surface area contributed by atoms with Gasteiger partial charge in [0.25, 0.3) is 0 Å². The second-order valence-corrected chi connectivity index (χ2v) is 13.0. The summed E-state index contributed by atoms with van der Waals surface area (Å²) in [5.74, 6) is 0.614. The van der Waals surface area contributed by atoms with Crippen molar-refractivity contribution in [3.8, 4) is 39.5 Å². The van der Waals surface area contributed by atoms with Gasteiger partial charge >= 0.3 is 0 Å². The van der Waals surface area contributed by atoms with Crippen LogP contribution in [0.25, 0.3) is 105 Å². The highest BCUT2D eigenvalue weighted by Gasteiger charge is 2.22. The van der Waals surface area contributed by atoms with E-state index in [1.807, 2.05) is 42.5 Å². The van der Waals surface area contributed by atoms with E-state index < -0.39 is 0 Å². The van der Waals surface area contributed by atoms with E-state index >= 15 is 0 Å². The lowest BCUT2D eigenvalue weighted by molar-refractivity contribution is 0.667. The molecule has 0 aliphatic carbocycles. The molecule has 0 unspecified atom stereocenters. The summed E-state index contributed by atoms with van der Waals surface area (Å²) >= 11 is 0. The Morgan fingerprint density at radius 1 is 0.392 bits per heavy atom. The van der Waals surface area contributed by atoms with Crippen LogP contribution in [0.1, 0.15) is 0 Å². The lowest BCUT2D eigenvalue weighted by Crippen LogP contribution is -1.95. The molecule has 5 nitrogen and oxygen atoms in total. The number of nitrogens with zero attached hydrogens (tertiary/aromatic N) is 3. The summed E-state index contributed by atoms with van der Waals surface area (Å²) in [6.45, 7) is 0. The fraction of sp³-hybridized carbons (Fsp3) is 0. The van der Waals surface area contributed by atoms with Crippen LogP contribution in [0.5, 0.6) is 0 Å². The Labute approximate surface area is 291 Å². The van der Waals surface area contributed by atoms with E-state index in [0.29, 0.717) is 11.4 Å². The molecule has 0 saturated carbocycles. The third-order valence-electron chi connectivity index (χ3n) is 10.0. The van der Waals surface area contributed by atoms with Crippen LogP contribution >= 0.6 is 0 Å². The van der Waals surface area contributed by atoms with Crippen LogP contribution < -0.4 is 0 Å². The zero-order valence-electron chi connectivity index (χ0n) is 27.2. The summed E-state index contributed by atoms with van der Waals surface area (Å²) in [5, 5.41) is 5.38. The van der Waals surface area contributed by atoms with Crippen LogP contribution in [-0.4, -0.2) is 14.5 Å². The fourth-order valence-corrected chi connectivity index (χ4v) is 7.62. The minimum atomic E-state index is 0.614. The molecule has 0 saturated heterocycles. The number of hydrogen-bond donors (Lipinski definition) is 0. The van der Waals surface area contributed by atoms with E-state index in [-0.39, 0.29) is 0 Å². The van der Waals surface area contributed by atoms with E-state index in [9.17, 15) is 0 Å². The van der Waals surface area contributed by atoms with Crippen molar-refractivity contribution in [3.05, 3.63) is 164 Å². The fourth-order valence-electron chi connectivity index (χ4n) is 7.62. The summed E-state index contributed by atoms with van der Waals surface area (Å²) in [4.78, 5) is 10.4. The van der Waals surface area contributed by atoms with Gasteiger partial charge in [-0.15, -0.1) is 0 Å². The van der Waals surface area contributed by atoms with Gasteiger partial charge in [-0.25, -0.2) is 9.97 Å². The molecule has 238 valence electrons. The molecule has 0 radical (unpaired) electrons. The van der Waals surface area contributed by atoms with Gasteiger partial charge in [0, 0.05) is 43.7 Å². The molecule has 4 heterocycles. The summed E-state index contributed by atoms with van der Waals surface area (Å²) in [6, 6.07) is 56.8. The van der Waals surface area contributed by atoms with Crippen molar-refractivity contribution in [1.29, 1.82) is 0 Å². The highest BCUT2D eigenvalue weighted by atomic mass is 16.3. The first kappa shape index (κ1) is 27.9. The van der Waals surface area contributed by atoms with Gasteiger partial charge in [0.1, 0.15) is 28.0 Å². The zero-order valence-corrected chi connectivity index (χ0v) is 27.2. The number of furan rings is 2. The Kier molecular flexibility index (Phi) is 5.89. The molecular weight excluding hydrogens is 627 g/mol. The standard InChI is InChI=1S/C46H27N3O2/c1-3-12-28(13-4-1)30-16-11-17-32(24-30)49-38-20-9-7-18-33(38)36-27-42-37(26-39(36)49)44-45(51-42)43(29-14-5-2-6-15-29)47-46(48-44)31-22-23-35-34-19-8-10-21-40(34)50-41(35)25-31/h1-27H. The summed E-state index contributed by atoms with van der Waals surface area (Å²) < 4.78 is 15.4. The first-order valence-electron chi connectivity index (χ1n) is 17.1. The van der Waals surface area contributed by atoms with Crippen LogP contribution in [0, 0.1) is 0 Å². The third-order valence-corrected chi connectivity index (χ3v) is 10.0. The van der Waals surface area contributed by atoms with Gasteiger partial charge in [-0.1, -0.05) is 115 Å². The average Bonchev–Trinajstić information content (AvgIpc) is 3.86. The van der Waals surface area contributed by atoms with E-state index in [0.717, 1.165) is 82.7 Å². The molecule has 11 rings (SSSR count). The predicted octanol–water partition coefficient (Wildman–Crippen LogP) is 12.4. The average molecular weight is 654 g/mol. The summed E-state index contributed by atoms with van der Waals surface area (Å²) in [7, 11) is 0. The third kappa shape index (κ3) is 4.28. The molecule has 0 N–H and O–H groups in total. The normalized spacial score (nSPS) is 11.9. The maximum atomic E-state index is 6.74. The molecule has 0 amide bonds. The van der Waals surface area contributed by atoms with Gasteiger partial charge in [-0.3, -0.25) is 0 Å². The minimum Gasteiger partial charge on any atom is -0.456 e. The number of fused-ring (bicyclic) bond motifs is 9. The number of para-hydroxylation sites is 2. The van der Waals surface area contributed by atoms with Gasteiger partial charge < -0.3 is 13.4 Å². The summed E-state index contributed by atoms with van der Waals surface area (Å²) in [6.07, 6.45) is 0. The molecule has 51 heavy (non-hydrogen) atoms. The number of benzene rings is 7. The Bertz CT molecular complexity index is 3130. The Morgan fingerprint density at radius 2 is 1.10 bits per heavy atom. The maximum Gasteiger partial charge on any atom is 0.180 e. The quantitative estimate of drug-likeness (QED) is 0.190. The van der Waals surface area contributed by atoms with Gasteiger partial charge in [0.05, 0.1) is 11.0 Å². The predicted molar refractivity (Wildman–Crippen MR) is 207 cm³/mol. The zero-order chi connectivity index (χ0) is 33.5. The molecule has 0 atom stereocenters. The Balaban J connectivity index is 1.19. The molecule has 4 aromatic heterocycles. The van der Waals surface area contributed by atoms with Gasteiger partial charge in [0.2, 0.25) is 0 Å². The highest BCUT2D eigenvalue weighted by molar-refractivity contribution is 6.17. The Morgan fingerprint density at radius 3 is 1.96 bits per heavy atom. The van der Waals surface area contributed by atoms with Crippen LogP contribution in [-0.2, 0) is 0 Å². The monoisotopic (exact) mass is 653 g/mol. The highest BCUT2D eigenvalue weighted by Crippen LogP contribution is 2.41. The van der Waals surface area contributed by atoms with Crippen LogP contribution in [0.2, 0.25) is 0 Å². The first-order valence-corrected chi connectivity index (χ1v) is 17.1. The topological polar surface area (TPSA) is 57.0 Å². The maximum absolute atomic E-state index is 6.74. The number of aromatic nitrogens is 3. The minimum absolute atomic E-state index is 0.614. The van der Waals surface area contributed by atoms with Crippen LogP contribution in [0.15, 0.2) is 173 Å². The Hall–Kier alpha value is -6.98. The molecule has 0 bridgehead atoms. The van der Waals surface area contributed by atoms with Crippen molar-refractivity contribution in [3.63, 3.8) is 0 Å². The molecule has 0 aliphatic rings. The second kappa shape index (κ2) is 10.8. The van der Waals surface area contributed by atoms with Crippen molar-refractivity contribution in [2.24, 2.45) is 0 Å².